The first-order valence-electron chi connectivity index (χ1n) is 14.9. The summed E-state index contributed by atoms with van der Waals surface area (Å²) in [7, 11) is 0. The van der Waals surface area contributed by atoms with Gasteiger partial charge in [-0.15, -0.1) is 0 Å². The number of esters is 1. The van der Waals surface area contributed by atoms with Crippen molar-refractivity contribution < 1.29 is 19.1 Å². The van der Waals surface area contributed by atoms with E-state index in [2.05, 4.69) is 18.7 Å². The Bertz CT molecular complexity index is 1420. The lowest BCUT2D eigenvalue weighted by molar-refractivity contribution is 0.0526. The lowest BCUT2D eigenvalue weighted by atomic mass is 10.00. The van der Waals surface area contributed by atoms with Gasteiger partial charge in [0.05, 0.1) is 18.8 Å². The normalized spacial score (nSPS) is 11.2. The molecule has 2 aromatic carbocycles. The molecule has 0 saturated carbocycles. The maximum Gasteiger partial charge on any atom is 0.338 e. The van der Waals surface area contributed by atoms with Gasteiger partial charge < -0.3 is 18.8 Å². The van der Waals surface area contributed by atoms with Crippen LogP contribution in [-0.4, -0.2) is 53.9 Å². The summed E-state index contributed by atoms with van der Waals surface area (Å²) < 4.78 is 13.1. The first-order chi connectivity index (χ1) is 20.0. The Labute approximate surface area is 243 Å². The molecule has 2 aromatic heterocycles. The molecule has 0 spiro atoms. The number of benzene rings is 2. The van der Waals surface area contributed by atoms with Crippen LogP contribution >= 0.6 is 0 Å². The zero-order valence-corrected chi connectivity index (χ0v) is 24.6. The molecule has 2 heterocycles. The van der Waals surface area contributed by atoms with E-state index in [1.54, 1.807) is 25.3 Å². The largest absolute Gasteiger partial charge is 0.494 e. The molecule has 216 valence electrons. The molecule has 0 amide bonds. The third-order valence-electron chi connectivity index (χ3n) is 7.22. The van der Waals surface area contributed by atoms with Crippen LogP contribution in [0.4, 0.5) is 0 Å². The molecule has 0 N–H and O–H groups in total. The highest BCUT2D eigenvalue weighted by Gasteiger charge is 2.22. The Morgan fingerprint density at radius 2 is 1.51 bits per heavy atom. The van der Waals surface area contributed by atoms with Crippen molar-refractivity contribution in [2.75, 3.05) is 32.8 Å². The fourth-order valence-electron chi connectivity index (χ4n) is 5.03. The topological polar surface area (TPSA) is 60.2 Å². The van der Waals surface area contributed by atoms with Crippen LogP contribution in [0.1, 0.15) is 79.3 Å². The van der Waals surface area contributed by atoms with Gasteiger partial charge in [0, 0.05) is 29.4 Å². The van der Waals surface area contributed by atoms with Crippen LogP contribution in [0.25, 0.3) is 16.6 Å². The van der Waals surface area contributed by atoms with Gasteiger partial charge >= 0.3 is 5.97 Å². The van der Waals surface area contributed by atoms with E-state index >= 15 is 0 Å². The molecule has 4 aromatic rings. The van der Waals surface area contributed by atoms with Crippen LogP contribution in [0.2, 0.25) is 0 Å². The molecule has 0 saturated heterocycles. The number of fused-ring (bicyclic) bond motifs is 1. The van der Waals surface area contributed by atoms with E-state index in [9.17, 15) is 9.59 Å². The predicted octanol–water partition coefficient (Wildman–Crippen LogP) is 7.69. The summed E-state index contributed by atoms with van der Waals surface area (Å²) in [6, 6.07) is 22.7. The smallest absolute Gasteiger partial charge is 0.338 e. The zero-order valence-electron chi connectivity index (χ0n) is 24.6. The van der Waals surface area contributed by atoms with Crippen LogP contribution < -0.4 is 4.74 Å². The highest BCUT2D eigenvalue weighted by molar-refractivity contribution is 6.13. The lowest BCUT2D eigenvalue weighted by Crippen LogP contribution is -2.28. The van der Waals surface area contributed by atoms with E-state index in [4.69, 9.17) is 9.47 Å². The van der Waals surface area contributed by atoms with Gasteiger partial charge in [-0.25, -0.2) is 4.79 Å². The highest BCUT2D eigenvalue weighted by atomic mass is 16.5. The Balaban J connectivity index is 1.55. The summed E-state index contributed by atoms with van der Waals surface area (Å²) in [5.41, 5.74) is 4.04. The monoisotopic (exact) mass is 554 g/mol. The average Bonchev–Trinajstić information content (AvgIpc) is 3.39. The summed E-state index contributed by atoms with van der Waals surface area (Å²) in [4.78, 5) is 28.9. The van der Waals surface area contributed by atoms with E-state index in [1.807, 2.05) is 65.1 Å². The standard InChI is InChI=1S/C35H42N2O4/c1-4-7-19-36(20-8-5-2)21-13-23-41-31-17-12-16-28(25-31)34(38)33-32(27-14-10-9-11-15-27)26-30-24-29(18-22-37(30)33)35(39)40-6-3/h9-12,14-18,22,24-26H,4-8,13,19-21,23H2,1-3H3. The van der Waals surface area contributed by atoms with E-state index < -0.39 is 0 Å². The summed E-state index contributed by atoms with van der Waals surface area (Å²) in [5, 5.41) is 0. The van der Waals surface area contributed by atoms with Crippen molar-refractivity contribution in [3.63, 3.8) is 0 Å². The van der Waals surface area contributed by atoms with Crippen LogP contribution in [0.15, 0.2) is 79.0 Å². The van der Waals surface area contributed by atoms with Crippen molar-refractivity contribution in [3.8, 4) is 16.9 Å². The number of hydrogen-bond donors (Lipinski definition) is 0. The van der Waals surface area contributed by atoms with E-state index in [0.717, 1.165) is 42.7 Å². The number of ketones is 1. The quantitative estimate of drug-likeness (QED) is 0.0807. The maximum absolute atomic E-state index is 14.0. The minimum atomic E-state index is -0.381. The number of ether oxygens (including phenoxy) is 2. The molecule has 0 fully saturated rings. The number of hydrogen-bond acceptors (Lipinski definition) is 5. The lowest BCUT2D eigenvalue weighted by Gasteiger charge is -2.21. The average molecular weight is 555 g/mol. The van der Waals surface area contributed by atoms with Crippen LogP contribution in [-0.2, 0) is 4.74 Å². The van der Waals surface area contributed by atoms with Gasteiger partial charge in [-0.05, 0) is 75.2 Å². The molecule has 0 radical (unpaired) electrons. The molecule has 0 aliphatic heterocycles. The predicted molar refractivity (Wildman–Crippen MR) is 165 cm³/mol. The van der Waals surface area contributed by atoms with Crippen molar-refractivity contribution in [1.82, 2.24) is 9.30 Å². The minimum Gasteiger partial charge on any atom is -0.494 e. The van der Waals surface area contributed by atoms with Gasteiger partial charge in [-0.3, -0.25) is 4.79 Å². The second kappa shape index (κ2) is 15.2. The SMILES string of the molecule is CCCCN(CCCC)CCCOc1cccc(C(=O)c2c(-c3ccccc3)cc3cc(C(=O)OCC)ccn23)c1. The number of aromatic nitrogens is 1. The number of pyridine rings is 1. The molecule has 0 aliphatic rings. The Morgan fingerprint density at radius 3 is 2.22 bits per heavy atom. The van der Waals surface area contributed by atoms with E-state index in [0.29, 0.717) is 35.8 Å². The van der Waals surface area contributed by atoms with E-state index in [1.165, 1.54) is 25.7 Å². The maximum atomic E-state index is 14.0. The van der Waals surface area contributed by atoms with Gasteiger partial charge in [0.2, 0.25) is 5.78 Å². The third-order valence-corrected chi connectivity index (χ3v) is 7.22. The molecule has 41 heavy (non-hydrogen) atoms. The zero-order chi connectivity index (χ0) is 29.0. The first kappa shape index (κ1) is 30.1. The molecule has 0 aliphatic carbocycles. The molecule has 0 unspecified atom stereocenters. The van der Waals surface area contributed by atoms with E-state index in [-0.39, 0.29) is 11.8 Å². The van der Waals surface area contributed by atoms with Gasteiger partial charge in [0.1, 0.15) is 11.4 Å². The minimum absolute atomic E-state index is 0.108. The summed E-state index contributed by atoms with van der Waals surface area (Å²) >= 11 is 0. The molecule has 0 bridgehead atoms. The molecular formula is C35H42N2O4. The second-order valence-electron chi connectivity index (χ2n) is 10.3. The van der Waals surface area contributed by atoms with Crippen molar-refractivity contribution in [2.45, 2.75) is 52.9 Å². The molecule has 6 heteroatoms. The fourth-order valence-corrected chi connectivity index (χ4v) is 5.03. The van der Waals surface area contributed by atoms with Crippen LogP contribution in [0.5, 0.6) is 5.75 Å². The summed E-state index contributed by atoms with van der Waals surface area (Å²) in [6.45, 7) is 10.4. The molecular weight excluding hydrogens is 512 g/mol. The number of unbranched alkanes of at least 4 members (excludes halogenated alkanes) is 2. The summed E-state index contributed by atoms with van der Waals surface area (Å²) in [5.74, 6) is 0.203. The third kappa shape index (κ3) is 7.86. The van der Waals surface area contributed by atoms with Gasteiger partial charge in [0.15, 0.2) is 0 Å². The summed E-state index contributed by atoms with van der Waals surface area (Å²) in [6.07, 6.45) is 7.56. The van der Waals surface area contributed by atoms with Crippen LogP contribution in [0, 0.1) is 0 Å². The van der Waals surface area contributed by atoms with Crippen LogP contribution in [0.3, 0.4) is 0 Å². The highest BCUT2D eigenvalue weighted by Crippen LogP contribution is 2.31. The number of carbonyl (C=O) groups excluding carboxylic acids is 2. The molecule has 0 atom stereocenters. The molecule has 6 nitrogen and oxygen atoms in total. The molecule has 4 rings (SSSR count). The fraction of sp³-hybridized carbons (Fsp3) is 0.371. The van der Waals surface area contributed by atoms with Gasteiger partial charge in [-0.2, -0.15) is 0 Å². The Morgan fingerprint density at radius 1 is 0.780 bits per heavy atom. The Kier molecular flexibility index (Phi) is 11.1. The van der Waals surface area contributed by atoms with Crippen molar-refractivity contribution in [2.24, 2.45) is 0 Å². The van der Waals surface area contributed by atoms with Crippen molar-refractivity contribution >= 4 is 17.3 Å². The second-order valence-corrected chi connectivity index (χ2v) is 10.3. The van der Waals surface area contributed by atoms with Gasteiger partial charge in [0.25, 0.3) is 0 Å². The van der Waals surface area contributed by atoms with Crippen molar-refractivity contribution in [1.29, 1.82) is 0 Å². The van der Waals surface area contributed by atoms with Crippen molar-refractivity contribution in [3.05, 3.63) is 95.8 Å². The number of rotatable bonds is 16. The number of carbonyl (C=O) groups is 2. The first-order valence-corrected chi connectivity index (χ1v) is 14.9. The Hall–Kier alpha value is -3.90. The van der Waals surface area contributed by atoms with Gasteiger partial charge in [-0.1, -0.05) is 69.2 Å². The number of nitrogens with zero attached hydrogens (tertiary/aromatic N) is 2.